The fraction of sp³-hybridized carbons (Fsp3) is 0.385. The molecule has 2 heterocycles. The number of aryl methyl sites for hydroxylation is 1. The number of thioether (sulfide) groups is 1. The van der Waals surface area contributed by atoms with Gasteiger partial charge in [0.2, 0.25) is 0 Å². The van der Waals surface area contributed by atoms with E-state index in [0.717, 1.165) is 6.54 Å². The number of H-pyrrole nitrogens is 1. The van der Waals surface area contributed by atoms with Crippen LogP contribution in [-0.2, 0) is 0 Å². The molecule has 3 rings (SSSR count). The Hall–Kier alpha value is -0.930. The van der Waals surface area contributed by atoms with Crippen LogP contribution in [0.15, 0.2) is 24.3 Å². The Labute approximate surface area is 99.8 Å². The van der Waals surface area contributed by atoms with Crippen molar-refractivity contribution in [3.63, 3.8) is 0 Å². The van der Waals surface area contributed by atoms with E-state index in [1.54, 1.807) is 0 Å². The predicted molar refractivity (Wildman–Crippen MR) is 71.1 cm³/mol. The van der Waals surface area contributed by atoms with Crippen LogP contribution in [0, 0.1) is 6.92 Å². The molecule has 0 radical (unpaired) electrons. The SMILES string of the molecule is Cc1[nH]c2ccccc2c1C1CSCCN1. The van der Waals surface area contributed by atoms with Crippen LogP contribution in [0.3, 0.4) is 0 Å². The van der Waals surface area contributed by atoms with Gasteiger partial charge in [-0.15, -0.1) is 0 Å². The van der Waals surface area contributed by atoms with E-state index >= 15 is 0 Å². The van der Waals surface area contributed by atoms with Crippen molar-refractivity contribution in [3.05, 3.63) is 35.5 Å². The molecule has 2 aromatic rings. The molecule has 1 atom stereocenters. The molecular weight excluding hydrogens is 216 g/mol. The van der Waals surface area contributed by atoms with Crippen molar-refractivity contribution in [3.8, 4) is 0 Å². The van der Waals surface area contributed by atoms with E-state index in [4.69, 9.17) is 0 Å². The number of hydrogen-bond donors (Lipinski definition) is 2. The lowest BCUT2D eigenvalue weighted by molar-refractivity contribution is 0.596. The lowest BCUT2D eigenvalue weighted by Crippen LogP contribution is -2.30. The Bertz CT molecular complexity index is 498. The molecule has 1 unspecified atom stereocenters. The maximum Gasteiger partial charge on any atom is 0.0459 e. The lowest BCUT2D eigenvalue weighted by atomic mass is 10.0. The molecule has 3 heteroatoms. The quantitative estimate of drug-likeness (QED) is 0.791. The summed E-state index contributed by atoms with van der Waals surface area (Å²) in [6.07, 6.45) is 0. The van der Waals surface area contributed by atoms with Crippen molar-refractivity contribution in [1.82, 2.24) is 10.3 Å². The molecule has 84 valence electrons. The van der Waals surface area contributed by atoms with Crippen molar-refractivity contribution in [2.45, 2.75) is 13.0 Å². The topological polar surface area (TPSA) is 27.8 Å². The first-order valence-electron chi connectivity index (χ1n) is 5.74. The van der Waals surface area contributed by atoms with Crippen LogP contribution >= 0.6 is 11.8 Å². The van der Waals surface area contributed by atoms with Gasteiger partial charge in [-0.05, 0) is 18.6 Å². The van der Waals surface area contributed by atoms with Crippen molar-refractivity contribution in [1.29, 1.82) is 0 Å². The molecule has 0 spiro atoms. The monoisotopic (exact) mass is 232 g/mol. The van der Waals surface area contributed by atoms with Gasteiger partial charge < -0.3 is 10.3 Å². The first-order valence-corrected chi connectivity index (χ1v) is 6.90. The van der Waals surface area contributed by atoms with Crippen LogP contribution in [-0.4, -0.2) is 23.0 Å². The second-order valence-corrected chi connectivity index (χ2v) is 5.44. The minimum atomic E-state index is 0.509. The minimum absolute atomic E-state index is 0.509. The third kappa shape index (κ3) is 1.64. The molecule has 1 aliphatic heterocycles. The van der Waals surface area contributed by atoms with E-state index in [-0.39, 0.29) is 0 Å². The Balaban J connectivity index is 2.10. The normalized spacial score (nSPS) is 21.4. The third-order valence-corrected chi connectivity index (χ3v) is 4.28. The summed E-state index contributed by atoms with van der Waals surface area (Å²) in [7, 11) is 0. The summed E-state index contributed by atoms with van der Waals surface area (Å²) in [6.45, 7) is 3.30. The van der Waals surface area contributed by atoms with Crippen LogP contribution < -0.4 is 5.32 Å². The summed E-state index contributed by atoms with van der Waals surface area (Å²) < 4.78 is 0. The number of hydrogen-bond acceptors (Lipinski definition) is 2. The van der Waals surface area contributed by atoms with Gasteiger partial charge in [0.25, 0.3) is 0 Å². The van der Waals surface area contributed by atoms with Gasteiger partial charge >= 0.3 is 0 Å². The molecule has 16 heavy (non-hydrogen) atoms. The molecule has 2 nitrogen and oxygen atoms in total. The molecule has 0 saturated carbocycles. The summed E-state index contributed by atoms with van der Waals surface area (Å²) in [5.41, 5.74) is 4.02. The first-order chi connectivity index (χ1) is 7.86. The molecular formula is C13H16N2S. The van der Waals surface area contributed by atoms with Crippen molar-refractivity contribution >= 4 is 22.7 Å². The fourth-order valence-corrected chi connectivity index (χ4v) is 3.45. The second-order valence-electron chi connectivity index (χ2n) is 4.29. The van der Waals surface area contributed by atoms with Gasteiger partial charge in [0.05, 0.1) is 0 Å². The first kappa shape index (κ1) is 10.2. The highest BCUT2D eigenvalue weighted by Crippen LogP contribution is 2.31. The number of nitrogens with one attached hydrogen (secondary N) is 2. The number of para-hydroxylation sites is 1. The van der Waals surface area contributed by atoms with Gasteiger partial charge in [-0.25, -0.2) is 0 Å². The van der Waals surface area contributed by atoms with E-state index in [2.05, 4.69) is 41.5 Å². The average Bonchev–Trinajstić information content (AvgIpc) is 2.66. The van der Waals surface area contributed by atoms with Crippen molar-refractivity contribution in [2.75, 3.05) is 18.1 Å². The number of aromatic amines is 1. The Morgan fingerprint density at radius 2 is 2.19 bits per heavy atom. The second kappa shape index (κ2) is 4.15. The summed E-state index contributed by atoms with van der Waals surface area (Å²) in [4.78, 5) is 3.48. The fourth-order valence-electron chi connectivity index (χ4n) is 2.50. The Kier molecular flexibility index (Phi) is 2.65. The van der Waals surface area contributed by atoms with Crippen LogP contribution in [0.25, 0.3) is 10.9 Å². The van der Waals surface area contributed by atoms with E-state index in [0.29, 0.717) is 6.04 Å². The number of fused-ring (bicyclic) bond motifs is 1. The van der Waals surface area contributed by atoms with E-state index in [9.17, 15) is 0 Å². The number of rotatable bonds is 1. The van der Waals surface area contributed by atoms with Crippen LogP contribution in [0.5, 0.6) is 0 Å². The van der Waals surface area contributed by atoms with E-state index in [1.807, 2.05) is 11.8 Å². The van der Waals surface area contributed by atoms with Gasteiger partial charge in [0.1, 0.15) is 0 Å². The van der Waals surface area contributed by atoms with Crippen molar-refractivity contribution < 1.29 is 0 Å². The molecule has 1 saturated heterocycles. The molecule has 1 aliphatic rings. The van der Waals surface area contributed by atoms with Crippen LogP contribution in [0.1, 0.15) is 17.3 Å². The van der Waals surface area contributed by atoms with Gasteiger partial charge in [-0.2, -0.15) is 11.8 Å². The maximum absolute atomic E-state index is 3.61. The highest BCUT2D eigenvalue weighted by Gasteiger charge is 2.20. The average molecular weight is 232 g/mol. The molecule has 0 aliphatic carbocycles. The third-order valence-electron chi connectivity index (χ3n) is 3.21. The Morgan fingerprint density at radius 1 is 1.31 bits per heavy atom. The molecule has 1 fully saturated rings. The van der Waals surface area contributed by atoms with E-state index in [1.165, 1.54) is 33.7 Å². The van der Waals surface area contributed by atoms with Gasteiger partial charge in [0, 0.05) is 40.7 Å². The molecule has 1 aromatic carbocycles. The molecule has 0 amide bonds. The molecule has 0 bridgehead atoms. The zero-order chi connectivity index (χ0) is 11.0. The largest absolute Gasteiger partial charge is 0.358 e. The standard InChI is InChI=1S/C13H16N2S/c1-9-13(12-8-16-7-6-14-12)10-4-2-3-5-11(10)15-9/h2-5,12,14-15H,6-8H2,1H3. The maximum atomic E-state index is 3.61. The summed E-state index contributed by atoms with van der Waals surface area (Å²) in [5.74, 6) is 2.42. The van der Waals surface area contributed by atoms with Crippen molar-refractivity contribution in [2.24, 2.45) is 0 Å². The molecule has 1 aromatic heterocycles. The Morgan fingerprint density at radius 3 is 3.00 bits per heavy atom. The predicted octanol–water partition coefficient (Wildman–Crippen LogP) is 2.85. The van der Waals surface area contributed by atoms with E-state index < -0.39 is 0 Å². The zero-order valence-electron chi connectivity index (χ0n) is 9.42. The van der Waals surface area contributed by atoms with Gasteiger partial charge in [0.15, 0.2) is 0 Å². The summed E-state index contributed by atoms with van der Waals surface area (Å²) in [6, 6.07) is 9.09. The van der Waals surface area contributed by atoms with Gasteiger partial charge in [-0.1, -0.05) is 18.2 Å². The van der Waals surface area contributed by atoms with Crippen LogP contribution in [0.4, 0.5) is 0 Å². The zero-order valence-corrected chi connectivity index (χ0v) is 10.2. The highest BCUT2D eigenvalue weighted by molar-refractivity contribution is 7.99. The number of aromatic nitrogens is 1. The van der Waals surface area contributed by atoms with Gasteiger partial charge in [-0.3, -0.25) is 0 Å². The smallest absolute Gasteiger partial charge is 0.0459 e. The lowest BCUT2D eigenvalue weighted by Gasteiger charge is -2.23. The highest BCUT2D eigenvalue weighted by atomic mass is 32.2. The summed E-state index contributed by atoms with van der Waals surface area (Å²) in [5, 5.41) is 4.99. The van der Waals surface area contributed by atoms with Crippen LogP contribution in [0.2, 0.25) is 0 Å². The number of benzene rings is 1. The summed E-state index contributed by atoms with van der Waals surface area (Å²) >= 11 is 2.04. The molecule has 2 N–H and O–H groups in total. The minimum Gasteiger partial charge on any atom is -0.358 e.